The zero-order valence-electron chi connectivity index (χ0n) is 9.84. The van der Waals surface area contributed by atoms with Gasteiger partial charge in [0.15, 0.2) is 0 Å². The zero-order valence-corrected chi connectivity index (χ0v) is 10.6. The van der Waals surface area contributed by atoms with E-state index in [9.17, 15) is 9.59 Å². The summed E-state index contributed by atoms with van der Waals surface area (Å²) < 4.78 is 5.17. The maximum absolute atomic E-state index is 11.7. The number of hydrogen-bond donors (Lipinski definition) is 0. The van der Waals surface area contributed by atoms with Gasteiger partial charge in [0, 0.05) is 13.1 Å². The standard InChI is InChI=1S/C13H14ClNO3/c14-12(16)11-6-7-15(8-11)13(17)18-9-10-4-2-1-3-5-10/h1-5,11H,6-9H2/t11-/m0/s1. The van der Waals surface area contributed by atoms with E-state index in [2.05, 4.69) is 0 Å². The SMILES string of the molecule is O=C(Cl)[C@H]1CCN(C(=O)OCc2ccccc2)C1. The number of amides is 1. The summed E-state index contributed by atoms with van der Waals surface area (Å²) in [7, 11) is 0. The summed E-state index contributed by atoms with van der Waals surface area (Å²) in [4.78, 5) is 24.2. The lowest BCUT2D eigenvalue weighted by molar-refractivity contribution is -0.114. The predicted octanol–water partition coefficient (Wildman–Crippen LogP) is 2.41. The topological polar surface area (TPSA) is 46.6 Å². The van der Waals surface area contributed by atoms with Crippen LogP contribution in [0.4, 0.5) is 4.79 Å². The molecule has 1 fully saturated rings. The summed E-state index contributed by atoms with van der Waals surface area (Å²) in [6.45, 7) is 1.13. The molecular formula is C13H14ClNO3. The van der Waals surface area contributed by atoms with Gasteiger partial charge < -0.3 is 9.64 Å². The van der Waals surface area contributed by atoms with E-state index in [0.717, 1.165) is 5.56 Å². The molecule has 4 nitrogen and oxygen atoms in total. The molecule has 18 heavy (non-hydrogen) atoms. The quantitative estimate of drug-likeness (QED) is 0.790. The van der Waals surface area contributed by atoms with E-state index in [4.69, 9.17) is 16.3 Å². The molecule has 2 rings (SSSR count). The Labute approximate surface area is 110 Å². The largest absolute Gasteiger partial charge is 0.445 e. The van der Waals surface area contributed by atoms with Gasteiger partial charge in [-0.1, -0.05) is 30.3 Å². The third-order valence-corrected chi connectivity index (χ3v) is 3.28. The maximum atomic E-state index is 11.7. The van der Waals surface area contributed by atoms with Gasteiger partial charge in [-0.2, -0.15) is 0 Å². The Hall–Kier alpha value is -1.55. The Morgan fingerprint density at radius 3 is 2.67 bits per heavy atom. The van der Waals surface area contributed by atoms with Crippen LogP contribution < -0.4 is 0 Å². The van der Waals surface area contributed by atoms with Crippen molar-refractivity contribution in [1.82, 2.24) is 4.90 Å². The predicted molar refractivity (Wildman–Crippen MR) is 67.2 cm³/mol. The normalized spacial score (nSPS) is 18.7. The third kappa shape index (κ3) is 3.23. The van der Waals surface area contributed by atoms with Gasteiger partial charge in [0.25, 0.3) is 0 Å². The van der Waals surface area contributed by atoms with E-state index in [1.807, 2.05) is 30.3 Å². The van der Waals surface area contributed by atoms with E-state index in [0.29, 0.717) is 19.5 Å². The Morgan fingerprint density at radius 2 is 2.06 bits per heavy atom. The monoisotopic (exact) mass is 267 g/mol. The van der Waals surface area contributed by atoms with Gasteiger partial charge in [-0.3, -0.25) is 4.79 Å². The molecule has 1 saturated heterocycles. The molecule has 5 heteroatoms. The molecule has 0 N–H and O–H groups in total. The first-order chi connectivity index (χ1) is 8.66. The van der Waals surface area contributed by atoms with E-state index in [-0.39, 0.29) is 23.9 Å². The summed E-state index contributed by atoms with van der Waals surface area (Å²) in [6, 6.07) is 9.47. The van der Waals surface area contributed by atoms with Crippen LogP contribution in [-0.4, -0.2) is 29.3 Å². The molecule has 0 spiro atoms. The number of halogens is 1. The molecule has 0 saturated carbocycles. The summed E-state index contributed by atoms with van der Waals surface area (Å²) >= 11 is 5.41. The first kappa shape index (κ1) is 12.9. The van der Waals surface area contributed by atoms with E-state index in [1.54, 1.807) is 0 Å². The van der Waals surface area contributed by atoms with Crippen molar-refractivity contribution in [3.8, 4) is 0 Å². The Kier molecular flexibility index (Phi) is 4.20. The van der Waals surface area contributed by atoms with Gasteiger partial charge in [0.1, 0.15) is 6.61 Å². The first-order valence-corrected chi connectivity index (χ1v) is 6.19. The second kappa shape index (κ2) is 5.87. The van der Waals surface area contributed by atoms with Gasteiger partial charge in [0.2, 0.25) is 5.24 Å². The molecule has 96 valence electrons. The number of rotatable bonds is 3. The summed E-state index contributed by atoms with van der Waals surface area (Å²) in [5.74, 6) is -0.254. The van der Waals surface area contributed by atoms with E-state index < -0.39 is 0 Å². The number of carbonyl (C=O) groups excluding carboxylic acids is 2. The minimum Gasteiger partial charge on any atom is -0.445 e. The fourth-order valence-electron chi connectivity index (χ4n) is 1.92. The number of hydrogen-bond acceptors (Lipinski definition) is 3. The summed E-state index contributed by atoms with van der Waals surface area (Å²) in [6.07, 6.45) is 0.224. The highest BCUT2D eigenvalue weighted by Gasteiger charge is 2.30. The molecule has 0 aliphatic carbocycles. The molecule has 1 amide bonds. The lowest BCUT2D eigenvalue weighted by atomic mass is 10.1. The Morgan fingerprint density at radius 1 is 1.33 bits per heavy atom. The fraction of sp³-hybridized carbons (Fsp3) is 0.385. The summed E-state index contributed by atoms with van der Waals surface area (Å²) in [5, 5.41) is -0.381. The van der Waals surface area contributed by atoms with Crippen LogP contribution in [0.25, 0.3) is 0 Å². The average Bonchev–Trinajstić information content (AvgIpc) is 2.87. The van der Waals surface area contributed by atoms with Gasteiger partial charge in [-0.15, -0.1) is 0 Å². The molecule has 0 aromatic heterocycles. The molecule has 1 atom stereocenters. The highest BCUT2D eigenvalue weighted by molar-refractivity contribution is 6.64. The molecule has 1 aromatic rings. The Bertz CT molecular complexity index is 435. The van der Waals surface area contributed by atoms with Gasteiger partial charge in [-0.05, 0) is 23.6 Å². The maximum Gasteiger partial charge on any atom is 0.410 e. The summed E-state index contributed by atoms with van der Waals surface area (Å²) in [5.41, 5.74) is 0.940. The molecule has 1 aliphatic heterocycles. The van der Waals surface area contributed by atoms with Crippen LogP contribution in [0.3, 0.4) is 0 Å². The molecule has 0 unspecified atom stereocenters. The number of carbonyl (C=O) groups is 2. The van der Waals surface area contributed by atoms with E-state index >= 15 is 0 Å². The van der Waals surface area contributed by atoms with Crippen LogP contribution in [0.2, 0.25) is 0 Å². The minimum atomic E-state index is -0.390. The van der Waals surface area contributed by atoms with Crippen LogP contribution in [0.15, 0.2) is 30.3 Å². The number of ether oxygens (including phenoxy) is 1. The highest BCUT2D eigenvalue weighted by Crippen LogP contribution is 2.19. The van der Waals surface area contributed by atoms with E-state index in [1.165, 1.54) is 4.90 Å². The molecule has 0 radical (unpaired) electrons. The van der Waals surface area contributed by atoms with Gasteiger partial charge in [0.05, 0.1) is 5.92 Å². The van der Waals surface area contributed by atoms with Gasteiger partial charge in [-0.25, -0.2) is 4.79 Å². The number of nitrogens with zero attached hydrogens (tertiary/aromatic N) is 1. The molecular weight excluding hydrogens is 254 g/mol. The van der Waals surface area contributed by atoms with Crippen LogP contribution in [0.5, 0.6) is 0 Å². The van der Waals surface area contributed by atoms with Gasteiger partial charge >= 0.3 is 6.09 Å². The van der Waals surface area contributed by atoms with Crippen molar-refractivity contribution >= 4 is 22.9 Å². The van der Waals surface area contributed by atoms with Crippen molar-refractivity contribution in [2.75, 3.05) is 13.1 Å². The zero-order chi connectivity index (χ0) is 13.0. The second-order valence-corrected chi connectivity index (χ2v) is 4.65. The van der Waals surface area contributed by atoms with Crippen molar-refractivity contribution in [2.45, 2.75) is 13.0 Å². The molecule has 1 aliphatic rings. The van der Waals surface area contributed by atoms with Crippen molar-refractivity contribution in [1.29, 1.82) is 0 Å². The second-order valence-electron chi connectivity index (χ2n) is 4.28. The molecule has 0 bridgehead atoms. The number of benzene rings is 1. The lowest BCUT2D eigenvalue weighted by Crippen LogP contribution is -2.29. The molecule has 1 aromatic carbocycles. The lowest BCUT2D eigenvalue weighted by Gasteiger charge is -2.15. The first-order valence-electron chi connectivity index (χ1n) is 5.82. The Balaban J connectivity index is 1.81. The average molecular weight is 268 g/mol. The van der Waals surface area contributed by atoms with Crippen molar-refractivity contribution < 1.29 is 14.3 Å². The van der Waals surface area contributed by atoms with Crippen molar-refractivity contribution in [3.63, 3.8) is 0 Å². The van der Waals surface area contributed by atoms with Crippen LogP contribution in [0.1, 0.15) is 12.0 Å². The van der Waals surface area contributed by atoms with Crippen LogP contribution in [-0.2, 0) is 16.1 Å². The minimum absolute atomic E-state index is 0.246. The third-order valence-electron chi connectivity index (χ3n) is 2.97. The number of likely N-dealkylation sites (tertiary alicyclic amines) is 1. The van der Waals surface area contributed by atoms with Crippen molar-refractivity contribution in [3.05, 3.63) is 35.9 Å². The fourth-order valence-corrected chi connectivity index (χ4v) is 2.10. The smallest absolute Gasteiger partial charge is 0.410 e. The molecule has 1 heterocycles. The van der Waals surface area contributed by atoms with Crippen LogP contribution in [0, 0.1) is 5.92 Å². The van der Waals surface area contributed by atoms with Crippen LogP contribution >= 0.6 is 11.6 Å². The highest BCUT2D eigenvalue weighted by atomic mass is 35.5. The van der Waals surface area contributed by atoms with Crippen molar-refractivity contribution in [2.24, 2.45) is 5.92 Å².